The maximum absolute atomic E-state index is 5.41. The number of halogens is 2. The molecule has 0 fully saturated rings. The SMILES string of the molecule is CNC[C@H](Cc1cc(Br)c(OC)c(Br)c1)OC. The van der Waals surface area contributed by atoms with Crippen LogP contribution < -0.4 is 10.1 Å². The Morgan fingerprint density at radius 2 is 1.82 bits per heavy atom. The molecule has 0 bridgehead atoms. The van der Waals surface area contributed by atoms with Gasteiger partial charge in [0.1, 0.15) is 5.75 Å². The zero-order chi connectivity index (χ0) is 12.8. The van der Waals surface area contributed by atoms with Gasteiger partial charge in [-0.2, -0.15) is 0 Å². The quantitative estimate of drug-likeness (QED) is 0.839. The van der Waals surface area contributed by atoms with E-state index in [9.17, 15) is 0 Å². The van der Waals surface area contributed by atoms with Crippen molar-refractivity contribution in [3.05, 3.63) is 26.6 Å². The molecule has 0 spiro atoms. The summed E-state index contributed by atoms with van der Waals surface area (Å²) in [5.74, 6) is 0.816. The third-order valence-electron chi connectivity index (χ3n) is 2.49. The van der Waals surface area contributed by atoms with Gasteiger partial charge in [0.05, 0.1) is 22.2 Å². The lowest BCUT2D eigenvalue weighted by molar-refractivity contribution is 0.104. The van der Waals surface area contributed by atoms with E-state index < -0.39 is 0 Å². The summed E-state index contributed by atoms with van der Waals surface area (Å²) in [4.78, 5) is 0. The van der Waals surface area contributed by atoms with Crippen molar-refractivity contribution in [2.75, 3.05) is 27.8 Å². The van der Waals surface area contributed by atoms with E-state index in [-0.39, 0.29) is 6.10 Å². The van der Waals surface area contributed by atoms with Crippen LogP contribution in [0.25, 0.3) is 0 Å². The fourth-order valence-electron chi connectivity index (χ4n) is 1.65. The van der Waals surface area contributed by atoms with Crippen molar-refractivity contribution in [1.82, 2.24) is 5.32 Å². The monoisotopic (exact) mass is 365 g/mol. The molecule has 0 amide bonds. The van der Waals surface area contributed by atoms with Crippen LogP contribution in [0.2, 0.25) is 0 Å². The maximum atomic E-state index is 5.41. The zero-order valence-corrected chi connectivity index (χ0v) is 13.4. The second-order valence-corrected chi connectivity index (χ2v) is 5.42. The highest BCUT2D eigenvalue weighted by molar-refractivity contribution is 9.11. The predicted octanol–water partition coefficient (Wildman–Crippen LogP) is 3.00. The molecule has 3 nitrogen and oxygen atoms in total. The van der Waals surface area contributed by atoms with Gasteiger partial charge in [-0.15, -0.1) is 0 Å². The number of ether oxygens (including phenoxy) is 2. The number of hydrogen-bond acceptors (Lipinski definition) is 3. The van der Waals surface area contributed by atoms with E-state index in [2.05, 4.69) is 49.3 Å². The van der Waals surface area contributed by atoms with Crippen molar-refractivity contribution in [1.29, 1.82) is 0 Å². The predicted molar refractivity (Wildman–Crippen MR) is 76.8 cm³/mol. The van der Waals surface area contributed by atoms with Gasteiger partial charge >= 0.3 is 0 Å². The molecular formula is C12H17Br2NO2. The summed E-state index contributed by atoms with van der Waals surface area (Å²) in [5, 5.41) is 3.12. The van der Waals surface area contributed by atoms with Crippen LogP contribution in [0, 0.1) is 0 Å². The molecule has 1 aromatic rings. The van der Waals surface area contributed by atoms with Crippen LogP contribution >= 0.6 is 31.9 Å². The minimum Gasteiger partial charge on any atom is -0.494 e. The number of nitrogens with one attached hydrogen (secondary N) is 1. The molecule has 1 aromatic carbocycles. The summed E-state index contributed by atoms with van der Waals surface area (Å²) >= 11 is 7.00. The lowest BCUT2D eigenvalue weighted by atomic mass is 10.1. The first kappa shape index (κ1) is 15.0. The standard InChI is InChI=1S/C12H17Br2NO2/c1-15-7-9(16-2)4-8-5-10(13)12(17-3)11(14)6-8/h5-6,9,15H,4,7H2,1-3H3/t9-/m0/s1. The first-order valence-electron chi connectivity index (χ1n) is 5.31. The van der Waals surface area contributed by atoms with Crippen LogP contribution in [0.5, 0.6) is 5.75 Å². The van der Waals surface area contributed by atoms with Crippen LogP contribution in [0.15, 0.2) is 21.1 Å². The maximum Gasteiger partial charge on any atom is 0.147 e. The Morgan fingerprint density at radius 1 is 1.24 bits per heavy atom. The summed E-state index contributed by atoms with van der Waals surface area (Å²) < 4.78 is 12.6. The molecule has 0 aliphatic carbocycles. The van der Waals surface area contributed by atoms with Crippen molar-refractivity contribution < 1.29 is 9.47 Å². The van der Waals surface area contributed by atoms with Gasteiger partial charge in [0.15, 0.2) is 0 Å². The van der Waals surface area contributed by atoms with Crippen LogP contribution in [0.3, 0.4) is 0 Å². The number of benzene rings is 1. The van der Waals surface area contributed by atoms with Crippen LogP contribution in [-0.4, -0.2) is 33.9 Å². The Morgan fingerprint density at radius 3 is 2.24 bits per heavy atom. The minimum absolute atomic E-state index is 0.173. The number of likely N-dealkylation sites (N-methyl/N-ethyl adjacent to an activating group) is 1. The van der Waals surface area contributed by atoms with Crippen molar-refractivity contribution in [3.63, 3.8) is 0 Å². The molecule has 5 heteroatoms. The Balaban J connectivity index is 2.85. The fourth-order valence-corrected chi connectivity index (χ4v) is 3.26. The van der Waals surface area contributed by atoms with E-state index in [1.54, 1.807) is 14.2 Å². The molecule has 0 heterocycles. The molecule has 1 atom stereocenters. The van der Waals surface area contributed by atoms with Crippen LogP contribution in [0.4, 0.5) is 0 Å². The highest BCUT2D eigenvalue weighted by Crippen LogP contribution is 2.34. The number of methoxy groups -OCH3 is 2. The molecule has 1 rings (SSSR count). The number of rotatable bonds is 6. The second-order valence-electron chi connectivity index (χ2n) is 3.71. The highest BCUT2D eigenvalue weighted by Gasteiger charge is 2.12. The normalized spacial score (nSPS) is 12.5. The molecule has 0 saturated carbocycles. The summed E-state index contributed by atoms with van der Waals surface area (Å²) in [7, 11) is 5.31. The fraction of sp³-hybridized carbons (Fsp3) is 0.500. The van der Waals surface area contributed by atoms with E-state index >= 15 is 0 Å². The van der Waals surface area contributed by atoms with Crippen LogP contribution in [-0.2, 0) is 11.2 Å². The molecular weight excluding hydrogens is 350 g/mol. The highest BCUT2D eigenvalue weighted by atomic mass is 79.9. The van der Waals surface area contributed by atoms with E-state index in [1.807, 2.05) is 7.05 Å². The van der Waals surface area contributed by atoms with Gasteiger partial charge in [0, 0.05) is 13.7 Å². The molecule has 0 aromatic heterocycles. The molecule has 0 aliphatic heterocycles. The van der Waals surface area contributed by atoms with Crippen LogP contribution in [0.1, 0.15) is 5.56 Å². The largest absolute Gasteiger partial charge is 0.494 e. The van der Waals surface area contributed by atoms with E-state index in [1.165, 1.54) is 5.56 Å². The van der Waals surface area contributed by atoms with Crippen molar-refractivity contribution in [2.24, 2.45) is 0 Å². The third kappa shape index (κ3) is 4.25. The van der Waals surface area contributed by atoms with Gasteiger partial charge in [-0.05, 0) is 63.0 Å². The third-order valence-corrected chi connectivity index (χ3v) is 3.67. The lowest BCUT2D eigenvalue weighted by Gasteiger charge is -2.16. The van der Waals surface area contributed by atoms with Gasteiger partial charge in [-0.1, -0.05) is 0 Å². The Kier molecular flexibility index (Phi) is 6.48. The van der Waals surface area contributed by atoms with Gasteiger partial charge in [-0.25, -0.2) is 0 Å². The summed E-state index contributed by atoms with van der Waals surface area (Å²) in [6, 6.07) is 4.12. The average Bonchev–Trinajstić information content (AvgIpc) is 2.28. The summed E-state index contributed by atoms with van der Waals surface area (Å²) in [5.41, 5.74) is 1.20. The molecule has 0 unspecified atom stereocenters. The van der Waals surface area contributed by atoms with Gasteiger partial charge in [-0.3, -0.25) is 0 Å². The zero-order valence-electron chi connectivity index (χ0n) is 10.2. The Labute approximate surface area is 119 Å². The van der Waals surface area contributed by atoms with E-state index in [4.69, 9.17) is 9.47 Å². The van der Waals surface area contributed by atoms with Gasteiger partial charge in [0.25, 0.3) is 0 Å². The van der Waals surface area contributed by atoms with Crippen molar-refractivity contribution >= 4 is 31.9 Å². The topological polar surface area (TPSA) is 30.5 Å². The average molecular weight is 367 g/mol. The lowest BCUT2D eigenvalue weighted by Crippen LogP contribution is -2.27. The van der Waals surface area contributed by atoms with Crippen molar-refractivity contribution in [3.8, 4) is 5.75 Å². The number of hydrogen-bond donors (Lipinski definition) is 1. The van der Waals surface area contributed by atoms with E-state index in [0.717, 1.165) is 27.7 Å². The van der Waals surface area contributed by atoms with E-state index in [0.29, 0.717) is 0 Å². The first-order valence-corrected chi connectivity index (χ1v) is 6.90. The first-order chi connectivity index (χ1) is 8.12. The van der Waals surface area contributed by atoms with Gasteiger partial charge < -0.3 is 14.8 Å². The van der Waals surface area contributed by atoms with Gasteiger partial charge in [0.2, 0.25) is 0 Å². The summed E-state index contributed by atoms with van der Waals surface area (Å²) in [6.45, 7) is 0.831. The smallest absolute Gasteiger partial charge is 0.147 e. The second kappa shape index (κ2) is 7.36. The Hall–Kier alpha value is -0.100. The minimum atomic E-state index is 0.173. The molecule has 0 aliphatic rings. The Bertz CT molecular complexity index is 349. The molecule has 0 saturated heterocycles. The molecule has 96 valence electrons. The molecule has 0 radical (unpaired) electrons. The summed E-state index contributed by atoms with van der Waals surface area (Å²) in [6.07, 6.45) is 1.03. The molecule has 1 N–H and O–H groups in total. The molecule has 17 heavy (non-hydrogen) atoms. The van der Waals surface area contributed by atoms with Crippen molar-refractivity contribution in [2.45, 2.75) is 12.5 Å².